The number of aromatic amines is 1. The molecule has 2 atom stereocenters. The minimum Gasteiger partial charge on any atom is -0.467 e. The number of aromatic nitrogens is 2. The summed E-state index contributed by atoms with van der Waals surface area (Å²) in [6.07, 6.45) is 0. The number of ether oxygens (including phenoxy) is 1. The van der Waals surface area contributed by atoms with Gasteiger partial charge in [-0.3, -0.25) is 14.9 Å². The molecule has 39 heavy (non-hydrogen) atoms. The molecule has 0 amide bonds. The van der Waals surface area contributed by atoms with E-state index >= 15 is 0 Å². The van der Waals surface area contributed by atoms with Crippen LogP contribution in [0.25, 0.3) is 5.69 Å². The molecule has 194 valence electrons. The lowest BCUT2D eigenvalue weighted by Gasteiger charge is -2.24. The third-order valence-electron chi connectivity index (χ3n) is 6.72. The van der Waals surface area contributed by atoms with E-state index in [1.54, 1.807) is 0 Å². The average molecular weight is 516 g/mol. The Kier molecular flexibility index (Phi) is 7.64. The molecule has 4 aromatic carbocycles. The summed E-state index contributed by atoms with van der Waals surface area (Å²) >= 11 is 0. The van der Waals surface area contributed by atoms with E-state index in [1.165, 1.54) is 11.8 Å². The number of aliphatic imine (C=N–C) groups is 1. The lowest BCUT2D eigenvalue weighted by Crippen LogP contribution is -2.33. The Morgan fingerprint density at radius 2 is 1.26 bits per heavy atom. The molecule has 0 aliphatic carbocycles. The average Bonchev–Trinajstić information content (AvgIpc) is 3.29. The van der Waals surface area contributed by atoms with Gasteiger partial charge in [-0.05, 0) is 24.6 Å². The predicted octanol–water partition coefficient (Wildman–Crippen LogP) is 5.69. The smallest absolute Gasteiger partial charge is 0.331 e. The predicted molar refractivity (Wildman–Crippen MR) is 154 cm³/mol. The number of carbonyl (C=O) groups is 1. The molecule has 0 aliphatic heterocycles. The van der Waals surface area contributed by atoms with E-state index in [0.29, 0.717) is 22.7 Å². The van der Waals surface area contributed by atoms with Crippen molar-refractivity contribution in [2.75, 3.05) is 7.11 Å². The van der Waals surface area contributed by atoms with Crippen molar-refractivity contribution in [1.29, 1.82) is 0 Å². The SMILES string of the molecule is COC(=O)[C@@H](N=C(c1ccccc1)c1ccccc1)[C@H](c1ccccc1)c1c(C)[nH]n(-c2ccccc2)c1=O. The first-order valence-corrected chi connectivity index (χ1v) is 12.8. The maximum absolute atomic E-state index is 14.0. The molecule has 0 aliphatic rings. The quantitative estimate of drug-likeness (QED) is 0.213. The molecule has 0 saturated heterocycles. The number of aryl methyl sites for hydroxylation is 1. The number of hydrogen-bond donors (Lipinski definition) is 1. The van der Waals surface area contributed by atoms with E-state index in [-0.39, 0.29) is 5.56 Å². The van der Waals surface area contributed by atoms with Crippen LogP contribution in [0.3, 0.4) is 0 Å². The van der Waals surface area contributed by atoms with E-state index < -0.39 is 17.9 Å². The van der Waals surface area contributed by atoms with Crippen LogP contribution in [0.15, 0.2) is 131 Å². The number of nitrogens with one attached hydrogen (secondary N) is 1. The number of carbonyl (C=O) groups excluding carboxylic acids is 1. The van der Waals surface area contributed by atoms with Crippen LogP contribution in [0, 0.1) is 6.92 Å². The molecule has 5 rings (SSSR count). The number of H-pyrrole nitrogens is 1. The molecule has 0 radical (unpaired) electrons. The van der Waals surface area contributed by atoms with Crippen molar-refractivity contribution in [2.45, 2.75) is 18.9 Å². The topological polar surface area (TPSA) is 76.4 Å². The minimum absolute atomic E-state index is 0.238. The number of esters is 1. The van der Waals surface area contributed by atoms with Gasteiger partial charge in [-0.25, -0.2) is 9.48 Å². The number of benzene rings is 4. The zero-order valence-electron chi connectivity index (χ0n) is 21.8. The van der Waals surface area contributed by atoms with Crippen molar-refractivity contribution in [2.24, 2.45) is 4.99 Å². The van der Waals surface area contributed by atoms with Crippen LogP contribution in [-0.4, -0.2) is 34.6 Å². The lowest BCUT2D eigenvalue weighted by molar-refractivity contribution is -0.142. The molecule has 6 heteroatoms. The Morgan fingerprint density at radius 1 is 0.769 bits per heavy atom. The Bertz CT molecular complexity index is 1580. The molecule has 1 N–H and O–H groups in total. The fourth-order valence-corrected chi connectivity index (χ4v) is 4.88. The molecule has 0 unspecified atom stereocenters. The minimum atomic E-state index is -1.03. The third kappa shape index (κ3) is 5.36. The van der Waals surface area contributed by atoms with Crippen LogP contribution in [0.1, 0.15) is 33.9 Å². The Morgan fingerprint density at radius 3 is 1.77 bits per heavy atom. The highest BCUT2D eigenvalue weighted by Gasteiger charge is 2.36. The highest BCUT2D eigenvalue weighted by molar-refractivity contribution is 6.13. The van der Waals surface area contributed by atoms with E-state index in [9.17, 15) is 9.59 Å². The standard InChI is InChI=1S/C33H29N3O3/c1-23-28(32(37)36(35-23)27-21-13-6-14-22-27)29(24-15-7-3-8-16-24)31(33(38)39-2)34-30(25-17-9-4-10-18-25)26-19-11-5-12-20-26/h3-22,29,31,35H,1-2H3/t29-,31+/m1/s1. The zero-order chi connectivity index (χ0) is 27.2. The largest absolute Gasteiger partial charge is 0.467 e. The highest BCUT2D eigenvalue weighted by Crippen LogP contribution is 2.32. The lowest BCUT2D eigenvalue weighted by atomic mass is 9.85. The van der Waals surface area contributed by atoms with Gasteiger partial charge in [-0.15, -0.1) is 0 Å². The normalized spacial score (nSPS) is 12.4. The first kappa shape index (κ1) is 25.7. The van der Waals surface area contributed by atoms with Gasteiger partial charge < -0.3 is 4.74 Å². The van der Waals surface area contributed by atoms with Crippen molar-refractivity contribution >= 4 is 11.7 Å². The van der Waals surface area contributed by atoms with Gasteiger partial charge in [0.2, 0.25) is 0 Å². The summed E-state index contributed by atoms with van der Waals surface area (Å²) in [5, 5.41) is 3.21. The number of rotatable bonds is 8. The fraction of sp³-hybridized carbons (Fsp3) is 0.121. The van der Waals surface area contributed by atoms with E-state index in [1.807, 2.05) is 128 Å². The molecular weight excluding hydrogens is 486 g/mol. The second-order valence-electron chi connectivity index (χ2n) is 9.19. The molecule has 0 spiro atoms. The van der Waals surface area contributed by atoms with Crippen molar-refractivity contribution in [3.05, 3.63) is 160 Å². The van der Waals surface area contributed by atoms with Crippen LogP contribution in [0.2, 0.25) is 0 Å². The summed E-state index contributed by atoms with van der Waals surface area (Å²) in [6.45, 7) is 1.85. The van der Waals surface area contributed by atoms with Gasteiger partial charge >= 0.3 is 5.97 Å². The van der Waals surface area contributed by atoms with Crippen LogP contribution in [0.5, 0.6) is 0 Å². The Balaban J connectivity index is 1.76. The van der Waals surface area contributed by atoms with E-state index in [4.69, 9.17) is 9.73 Å². The van der Waals surface area contributed by atoms with Crippen LogP contribution in [-0.2, 0) is 9.53 Å². The van der Waals surface area contributed by atoms with Gasteiger partial charge in [0.1, 0.15) is 0 Å². The van der Waals surface area contributed by atoms with Crippen molar-refractivity contribution in [3.63, 3.8) is 0 Å². The Hall–Kier alpha value is -4.97. The van der Waals surface area contributed by atoms with Crippen molar-refractivity contribution in [3.8, 4) is 5.69 Å². The molecule has 0 saturated carbocycles. The maximum atomic E-state index is 14.0. The molecule has 5 aromatic rings. The summed E-state index contributed by atoms with van der Waals surface area (Å²) in [5.41, 5.74) is 4.73. The number of hydrogen-bond acceptors (Lipinski definition) is 4. The monoisotopic (exact) mass is 515 g/mol. The Labute approximate surface area is 227 Å². The van der Waals surface area contributed by atoms with Crippen molar-refractivity contribution < 1.29 is 9.53 Å². The summed E-state index contributed by atoms with van der Waals surface area (Å²) in [7, 11) is 1.35. The fourth-order valence-electron chi connectivity index (χ4n) is 4.88. The summed E-state index contributed by atoms with van der Waals surface area (Å²) in [5.74, 6) is -1.23. The molecule has 0 bridgehead atoms. The van der Waals surface area contributed by atoms with Gasteiger partial charge in [0.15, 0.2) is 6.04 Å². The highest BCUT2D eigenvalue weighted by atomic mass is 16.5. The number of para-hydroxylation sites is 1. The second-order valence-corrected chi connectivity index (χ2v) is 9.19. The molecular formula is C33H29N3O3. The van der Waals surface area contributed by atoms with Crippen LogP contribution < -0.4 is 5.56 Å². The van der Waals surface area contributed by atoms with E-state index in [2.05, 4.69) is 5.10 Å². The molecule has 1 heterocycles. The van der Waals surface area contributed by atoms with Gasteiger partial charge in [0, 0.05) is 28.3 Å². The summed E-state index contributed by atoms with van der Waals surface area (Å²) < 4.78 is 6.82. The first-order chi connectivity index (χ1) is 19.1. The van der Waals surface area contributed by atoms with Gasteiger partial charge in [-0.1, -0.05) is 109 Å². The molecule has 1 aromatic heterocycles. The second kappa shape index (κ2) is 11.6. The van der Waals surface area contributed by atoms with Crippen LogP contribution in [0.4, 0.5) is 0 Å². The van der Waals surface area contributed by atoms with Gasteiger partial charge in [0.25, 0.3) is 5.56 Å². The number of nitrogens with zero attached hydrogens (tertiary/aromatic N) is 2. The summed E-state index contributed by atoms with van der Waals surface area (Å²) in [6, 6.07) is 37.3. The molecule has 0 fully saturated rings. The maximum Gasteiger partial charge on any atom is 0.331 e. The first-order valence-electron chi connectivity index (χ1n) is 12.8. The molecule has 6 nitrogen and oxygen atoms in total. The van der Waals surface area contributed by atoms with Gasteiger partial charge in [0.05, 0.1) is 18.5 Å². The van der Waals surface area contributed by atoms with E-state index in [0.717, 1.165) is 16.7 Å². The number of methoxy groups -OCH3 is 1. The van der Waals surface area contributed by atoms with Gasteiger partial charge in [-0.2, -0.15) is 0 Å². The van der Waals surface area contributed by atoms with Crippen LogP contribution >= 0.6 is 0 Å². The third-order valence-corrected chi connectivity index (χ3v) is 6.72. The summed E-state index contributed by atoms with van der Waals surface area (Å²) in [4.78, 5) is 32.6. The zero-order valence-corrected chi connectivity index (χ0v) is 21.8. The van der Waals surface area contributed by atoms with Crippen molar-refractivity contribution in [1.82, 2.24) is 9.78 Å².